The summed E-state index contributed by atoms with van der Waals surface area (Å²) in [6.45, 7) is 6.05. The summed E-state index contributed by atoms with van der Waals surface area (Å²) < 4.78 is 8.35. The lowest BCUT2D eigenvalue weighted by Gasteiger charge is -2.10. The Bertz CT molecular complexity index is 884. The molecule has 1 atom stereocenters. The van der Waals surface area contributed by atoms with E-state index < -0.39 is 0 Å². The van der Waals surface area contributed by atoms with Crippen molar-refractivity contribution in [3.63, 3.8) is 0 Å². The standard InChI is InChI=1S/C17H20N6O2/c1-11(17(24)25-4)16-12(2)19-22(13(16)3)10-15-18-20-21-23(15)14-8-6-5-7-9-14/h5-9,11H,10H2,1-4H3. The van der Waals surface area contributed by atoms with Gasteiger partial charge in [-0.3, -0.25) is 9.48 Å². The fourth-order valence-corrected chi connectivity index (χ4v) is 2.99. The molecule has 0 aliphatic heterocycles. The predicted molar refractivity (Wildman–Crippen MR) is 90.4 cm³/mol. The van der Waals surface area contributed by atoms with E-state index in [9.17, 15) is 4.79 Å². The minimum Gasteiger partial charge on any atom is -0.469 e. The Morgan fingerprint density at radius 2 is 1.96 bits per heavy atom. The van der Waals surface area contributed by atoms with Crippen LogP contribution >= 0.6 is 0 Å². The molecule has 0 radical (unpaired) electrons. The molecule has 3 rings (SSSR count). The first-order valence-corrected chi connectivity index (χ1v) is 7.97. The molecule has 3 aromatic rings. The molecule has 2 aromatic heterocycles. The first-order chi connectivity index (χ1) is 12.0. The number of carbonyl (C=O) groups excluding carboxylic acids is 1. The summed E-state index contributed by atoms with van der Waals surface area (Å²) in [6, 6.07) is 9.67. The van der Waals surface area contributed by atoms with E-state index in [1.54, 1.807) is 4.68 Å². The molecule has 0 saturated carbocycles. The quantitative estimate of drug-likeness (QED) is 0.658. The number of aromatic nitrogens is 6. The van der Waals surface area contributed by atoms with Crippen LogP contribution in [0.3, 0.4) is 0 Å². The van der Waals surface area contributed by atoms with E-state index in [4.69, 9.17) is 4.74 Å². The fraction of sp³-hybridized carbons (Fsp3) is 0.353. The number of nitrogens with zero attached hydrogens (tertiary/aromatic N) is 6. The SMILES string of the molecule is COC(=O)C(C)c1c(C)nn(Cc2nnnn2-c2ccccc2)c1C. The van der Waals surface area contributed by atoms with Gasteiger partial charge in [0, 0.05) is 11.3 Å². The lowest BCUT2D eigenvalue weighted by Crippen LogP contribution is -2.14. The summed E-state index contributed by atoms with van der Waals surface area (Å²) >= 11 is 0. The van der Waals surface area contributed by atoms with Gasteiger partial charge >= 0.3 is 5.97 Å². The number of para-hydroxylation sites is 1. The average molecular weight is 340 g/mol. The van der Waals surface area contributed by atoms with Gasteiger partial charge in [-0.25, -0.2) is 0 Å². The summed E-state index contributed by atoms with van der Waals surface area (Å²) in [6.07, 6.45) is 0. The second kappa shape index (κ2) is 6.84. The van der Waals surface area contributed by atoms with Gasteiger partial charge in [-0.2, -0.15) is 9.78 Å². The van der Waals surface area contributed by atoms with Gasteiger partial charge in [0.1, 0.15) is 6.54 Å². The van der Waals surface area contributed by atoms with Crippen LogP contribution in [0.5, 0.6) is 0 Å². The molecule has 0 spiro atoms. The molecule has 0 bridgehead atoms. The number of hydrogen-bond acceptors (Lipinski definition) is 6. The van der Waals surface area contributed by atoms with Crippen molar-refractivity contribution in [3.8, 4) is 5.69 Å². The summed E-state index contributed by atoms with van der Waals surface area (Å²) in [5, 5.41) is 16.5. The van der Waals surface area contributed by atoms with E-state index in [0.717, 1.165) is 22.6 Å². The van der Waals surface area contributed by atoms with E-state index in [2.05, 4.69) is 20.6 Å². The van der Waals surface area contributed by atoms with Crippen molar-refractivity contribution in [3.05, 3.63) is 53.1 Å². The summed E-state index contributed by atoms with van der Waals surface area (Å²) in [5.74, 6) is 0.0119. The van der Waals surface area contributed by atoms with Crippen LogP contribution in [-0.2, 0) is 16.1 Å². The number of aryl methyl sites for hydroxylation is 1. The Hall–Kier alpha value is -3.03. The molecular formula is C17H20N6O2. The van der Waals surface area contributed by atoms with Gasteiger partial charge in [-0.15, -0.1) is 5.10 Å². The lowest BCUT2D eigenvalue weighted by atomic mass is 9.99. The van der Waals surface area contributed by atoms with Crippen LogP contribution in [0.15, 0.2) is 30.3 Å². The maximum absolute atomic E-state index is 11.9. The van der Waals surface area contributed by atoms with Crippen molar-refractivity contribution >= 4 is 5.97 Å². The van der Waals surface area contributed by atoms with Crippen LogP contribution in [0, 0.1) is 13.8 Å². The summed E-state index contributed by atoms with van der Waals surface area (Å²) in [7, 11) is 1.39. The van der Waals surface area contributed by atoms with Crippen LogP contribution in [0.1, 0.15) is 35.6 Å². The van der Waals surface area contributed by atoms with Crippen LogP contribution in [0.25, 0.3) is 5.69 Å². The molecule has 8 nitrogen and oxygen atoms in total. The highest BCUT2D eigenvalue weighted by Crippen LogP contribution is 2.24. The molecule has 8 heteroatoms. The van der Waals surface area contributed by atoms with Crippen molar-refractivity contribution in [1.29, 1.82) is 0 Å². The third-order valence-electron chi connectivity index (χ3n) is 4.25. The van der Waals surface area contributed by atoms with E-state index in [0.29, 0.717) is 12.4 Å². The van der Waals surface area contributed by atoms with Gasteiger partial charge in [-0.05, 0) is 43.3 Å². The third-order valence-corrected chi connectivity index (χ3v) is 4.25. The molecule has 0 amide bonds. The number of rotatable bonds is 5. The molecule has 0 fully saturated rings. The third kappa shape index (κ3) is 3.15. The Kier molecular flexibility index (Phi) is 4.60. The first-order valence-electron chi connectivity index (χ1n) is 7.97. The zero-order valence-corrected chi connectivity index (χ0v) is 14.7. The number of tetrazole rings is 1. The number of ether oxygens (including phenoxy) is 1. The molecule has 0 aliphatic rings. The Morgan fingerprint density at radius 1 is 1.24 bits per heavy atom. The van der Waals surface area contributed by atoms with Crippen LogP contribution in [0.4, 0.5) is 0 Å². The minimum absolute atomic E-state index is 0.278. The number of hydrogen-bond donors (Lipinski definition) is 0. The molecule has 2 heterocycles. The Morgan fingerprint density at radius 3 is 2.64 bits per heavy atom. The smallest absolute Gasteiger partial charge is 0.312 e. The van der Waals surface area contributed by atoms with E-state index in [-0.39, 0.29) is 11.9 Å². The lowest BCUT2D eigenvalue weighted by molar-refractivity contribution is -0.142. The number of benzene rings is 1. The van der Waals surface area contributed by atoms with Crippen molar-refractivity contribution in [2.45, 2.75) is 33.2 Å². The zero-order valence-electron chi connectivity index (χ0n) is 14.7. The van der Waals surface area contributed by atoms with Crippen molar-refractivity contribution in [1.82, 2.24) is 30.0 Å². The maximum Gasteiger partial charge on any atom is 0.312 e. The van der Waals surface area contributed by atoms with Gasteiger partial charge < -0.3 is 4.74 Å². The highest BCUT2D eigenvalue weighted by molar-refractivity contribution is 5.78. The normalized spacial score (nSPS) is 12.2. The van der Waals surface area contributed by atoms with Gasteiger partial charge in [-0.1, -0.05) is 18.2 Å². The monoisotopic (exact) mass is 340 g/mol. The Labute approximate surface area is 145 Å². The molecule has 25 heavy (non-hydrogen) atoms. The topological polar surface area (TPSA) is 87.7 Å². The second-order valence-corrected chi connectivity index (χ2v) is 5.83. The van der Waals surface area contributed by atoms with Gasteiger partial charge in [0.25, 0.3) is 0 Å². The van der Waals surface area contributed by atoms with Crippen LogP contribution in [-0.4, -0.2) is 43.1 Å². The highest BCUT2D eigenvalue weighted by Gasteiger charge is 2.24. The van der Waals surface area contributed by atoms with E-state index >= 15 is 0 Å². The van der Waals surface area contributed by atoms with Gasteiger partial charge in [0.15, 0.2) is 5.82 Å². The number of carbonyl (C=O) groups is 1. The predicted octanol–water partition coefficient (Wildman–Crippen LogP) is 1.80. The Balaban J connectivity index is 1.93. The molecule has 0 N–H and O–H groups in total. The van der Waals surface area contributed by atoms with Crippen molar-refractivity contribution in [2.24, 2.45) is 0 Å². The second-order valence-electron chi connectivity index (χ2n) is 5.83. The molecule has 1 unspecified atom stereocenters. The summed E-state index contributed by atoms with van der Waals surface area (Å²) in [5.41, 5.74) is 3.46. The largest absolute Gasteiger partial charge is 0.469 e. The van der Waals surface area contributed by atoms with Crippen LogP contribution in [0.2, 0.25) is 0 Å². The summed E-state index contributed by atoms with van der Waals surface area (Å²) in [4.78, 5) is 11.9. The van der Waals surface area contributed by atoms with E-state index in [1.807, 2.05) is 55.8 Å². The molecule has 130 valence electrons. The van der Waals surface area contributed by atoms with Crippen LogP contribution < -0.4 is 0 Å². The van der Waals surface area contributed by atoms with Gasteiger partial charge in [0.2, 0.25) is 0 Å². The maximum atomic E-state index is 11.9. The highest BCUT2D eigenvalue weighted by atomic mass is 16.5. The number of methoxy groups -OCH3 is 1. The molecule has 1 aromatic carbocycles. The van der Waals surface area contributed by atoms with Crippen molar-refractivity contribution < 1.29 is 9.53 Å². The molecule has 0 aliphatic carbocycles. The number of esters is 1. The first kappa shape index (κ1) is 16.8. The fourth-order valence-electron chi connectivity index (χ4n) is 2.99. The molecule has 0 saturated heterocycles. The van der Waals surface area contributed by atoms with Crippen molar-refractivity contribution in [2.75, 3.05) is 7.11 Å². The molecular weight excluding hydrogens is 320 g/mol. The average Bonchev–Trinajstić information content (AvgIpc) is 3.19. The van der Waals surface area contributed by atoms with E-state index in [1.165, 1.54) is 7.11 Å². The minimum atomic E-state index is -0.371. The zero-order chi connectivity index (χ0) is 18.0. The van der Waals surface area contributed by atoms with Gasteiger partial charge in [0.05, 0.1) is 24.4 Å².